The summed E-state index contributed by atoms with van der Waals surface area (Å²) in [7, 11) is 6.68. The summed E-state index contributed by atoms with van der Waals surface area (Å²) in [5.41, 5.74) is 0.487. The second kappa shape index (κ2) is 5.47. The SMILES string of the molecule is CN(CCCBr)CC1(N(C)C)CCC1. The third-order valence-corrected chi connectivity index (χ3v) is 4.03. The average Bonchev–Trinajstić information content (AvgIpc) is 2.07. The van der Waals surface area contributed by atoms with Crippen LogP contribution in [0.15, 0.2) is 0 Å². The number of alkyl halides is 1. The molecule has 0 aromatic rings. The lowest BCUT2D eigenvalue weighted by atomic mass is 9.75. The zero-order valence-electron chi connectivity index (χ0n) is 9.72. The van der Waals surface area contributed by atoms with E-state index in [1.54, 1.807) is 0 Å². The van der Waals surface area contributed by atoms with Crippen LogP contribution < -0.4 is 0 Å². The van der Waals surface area contributed by atoms with E-state index in [-0.39, 0.29) is 0 Å². The molecule has 3 heteroatoms. The summed E-state index contributed by atoms with van der Waals surface area (Å²) in [6, 6.07) is 0. The van der Waals surface area contributed by atoms with E-state index in [0.29, 0.717) is 5.54 Å². The van der Waals surface area contributed by atoms with Gasteiger partial charge < -0.3 is 9.80 Å². The number of nitrogens with zero attached hydrogens (tertiary/aromatic N) is 2. The van der Waals surface area contributed by atoms with Gasteiger partial charge in [0.15, 0.2) is 0 Å². The molecule has 84 valence electrons. The van der Waals surface area contributed by atoms with Crippen molar-refractivity contribution in [2.45, 2.75) is 31.2 Å². The van der Waals surface area contributed by atoms with Crippen molar-refractivity contribution in [3.05, 3.63) is 0 Å². The van der Waals surface area contributed by atoms with Gasteiger partial charge >= 0.3 is 0 Å². The van der Waals surface area contributed by atoms with E-state index in [0.717, 1.165) is 5.33 Å². The number of halogens is 1. The summed E-state index contributed by atoms with van der Waals surface area (Å²) in [5.74, 6) is 0. The largest absolute Gasteiger partial charge is 0.304 e. The maximum Gasteiger partial charge on any atom is 0.0330 e. The molecule has 0 amide bonds. The van der Waals surface area contributed by atoms with Gasteiger partial charge in [0, 0.05) is 17.4 Å². The van der Waals surface area contributed by atoms with E-state index in [2.05, 4.69) is 46.9 Å². The van der Waals surface area contributed by atoms with Crippen LogP contribution in [0.2, 0.25) is 0 Å². The van der Waals surface area contributed by atoms with Crippen molar-refractivity contribution in [2.75, 3.05) is 39.6 Å². The zero-order chi connectivity index (χ0) is 10.6. The predicted molar refractivity (Wildman–Crippen MR) is 66.2 cm³/mol. The molecule has 2 nitrogen and oxygen atoms in total. The molecule has 1 rings (SSSR count). The minimum absolute atomic E-state index is 0.487. The molecule has 0 spiro atoms. The standard InChI is InChI=1S/C11H23BrN2/c1-13(2)11(6-4-7-11)10-14(3)9-5-8-12/h4-10H2,1-3H3. The van der Waals surface area contributed by atoms with Crippen molar-refractivity contribution in [1.82, 2.24) is 9.80 Å². The van der Waals surface area contributed by atoms with Gasteiger partial charge in [0.25, 0.3) is 0 Å². The molecular weight excluding hydrogens is 240 g/mol. The number of hydrogen-bond donors (Lipinski definition) is 0. The number of likely N-dealkylation sites (N-methyl/N-ethyl adjacent to an activating group) is 2. The van der Waals surface area contributed by atoms with Gasteiger partial charge in [-0.25, -0.2) is 0 Å². The minimum atomic E-state index is 0.487. The smallest absolute Gasteiger partial charge is 0.0330 e. The van der Waals surface area contributed by atoms with Crippen molar-refractivity contribution in [3.63, 3.8) is 0 Å². The summed E-state index contributed by atoms with van der Waals surface area (Å²) in [5, 5.41) is 1.12. The molecule has 0 N–H and O–H groups in total. The predicted octanol–water partition coefficient (Wildman–Crippen LogP) is 2.19. The highest BCUT2D eigenvalue weighted by atomic mass is 79.9. The first-order chi connectivity index (χ1) is 6.60. The molecule has 0 saturated heterocycles. The van der Waals surface area contributed by atoms with Crippen LogP contribution in [0.5, 0.6) is 0 Å². The van der Waals surface area contributed by atoms with Crippen LogP contribution in [0, 0.1) is 0 Å². The summed E-state index contributed by atoms with van der Waals surface area (Å²) < 4.78 is 0. The molecule has 0 aromatic heterocycles. The molecule has 1 aliphatic carbocycles. The third-order valence-electron chi connectivity index (χ3n) is 3.47. The van der Waals surface area contributed by atoms with E-state index < -0.39 is 0 Å². The van der Waals surface area contributed by atoms with Crippen molar-refractivity contribution in [2.24, 2.45) is 0 Å². The fraction of sp³-hybridized carbons (Fsp3) is 1.00. The minimum Gasteiger partial charge on any atom is -0.304 e. The first-order valence-electron chi connectivity index (χ1n) is 5.53. The van der Waals surface area contributed by atoms with Gasteiger partial charge in [-0.1, -0.05) is 15.9 Å². The Morgan fingerprint density at radius 2 is 1.86 bits per heavy atom. The molecule has 0 bridgehead atoms. The Morgan fingerprint density at radius 1 is 1.21 bits per heavy atom. The van der Waals surface area contributed by atoms with Gasteiger partial charge in [0.2, 0.25) is 0 Å². The van der Waals surface area contributed by atoms with Gasteiger partial charge in [-0.05, 0) is 53.4 Å². The van der Waals surface area contributed by atoms with Crippen molar-refractivity contribution >= 4 is 15.9 Å². The van der Waals surface area contributed by atoms with E-state index in [1.807, 2.05) is 0 Å². The first kappa shape index (κ1) is 12.5. The van der Waals surface area contributed by atoms with Crippen LogP contribution in [0.1, 0.15) is 25.7 Å². The van der Waals surface area contributed by atoms with E-state index in [1.165, 1.54) is 38.8 Å². The van der Waals surface area contributed by atoms with Crippen LogP contribution in [0.4, 0.5) is 0 Å². The Labute approximate surface area is 96.8 Å². The van der Waals surface area contributed by atoms with Gasteiger partial charge in [0.05, 0.1) is 0 Å². The molecule has 1 aliphatic rings. The molecule has 0 radical (unpaired) electrons. The first-order valence-corrected chi connectivity index (χ1v) is 6.65. The molecule has 1 saturated carbocycles. The lowest BCUT2D eigenvalue weighted by Gasteiger charge is -2.49. The fourth-order valence-corrected chi connectivity index (χ4v) is 2.49. The summed E-state index contributed by atoms with van der Waals surface area (Å²) >= 11 is 3.48. The van der Waals surface area contributed by atoms with Crippen molar-refractivity contribution in [3.8, 4) is 0 Å². The molecule has 0 aromatic carbocycles. The number of hydrogen-bond acceptors (Lipinski definition) is 2. The maximum absolute atomic E-state index is 3.48. The second-order valence-electron chi connectivity index (χ2n) is 4.75. The van der Waals surface area contributed by atoms with E-state index in [9.17, 15) is 0 Å². The molecule has 0 unspecified atom stereocenters. The monoisotopic (exact) mass is 262 g/mol. The molecule has 14 heavy (non-hydrogen) atoms. The summed E-state index contributed by atoms with van der Waals surface area (Å²) in [6.07, 6.45) is 5.40. The lowest BCUT2D eigenvalue weighted by molar-refractivity contribution is 0.0280. The van der Waals surface area contributed by atoms with Gasteiger partial charge in [0.1, 0.15) is 0 Å². The maximum atomic E-state index is 3.48. The topological polar surface area (TPSA) is 6.48 Å². The highest BCUT2D eigenvalue weighted by Crippen LogP contribution is 2.36. The van der Waals surface area contributed by atoms with E-state index in [4.69, 9.17) is 0 Å². The third kappa shape index (κ3) is 2.94. The highest BCUT2D eigenvalue weighted by Gasteiger charge is 2.39. The second-order valence-corrected chi connectivity index (χ2v) is 5.55. The Kier molecular flexibility index (Phi) is 4.88. The average molecular weight is 263 g/mol. The molecule has 0 heterocycles. The van der Waals surface area contributed by atoms with Crippen LogP contribution >= 0.6 is 15.9 Å². The molecule has 0 aliphatic heterocycles. The van der Waals surface area contributed by atoms with Crippen molar-refractivity contribution in [1.29, 1.82) is 0 Å². The quantitative estimate of drug-likeness (QED) is 0.678. The normalized spacial score (nSPS) is 20.1. The van der Waals surface area contributed by atoms with Gasteiger partial charge in [-0.15, -0.1) is 0 Å². The Morgan fingerprint density at radius 3 is 2.21 bits per heavy atom. The van der Waals surface area contributed by atoms with Crippen LogP contribution in [-0.2, 0) is 0 Å². The zero-order valence-corrected chi connectivity index (χ0v) is 11.3. The van der Waals surface area contributed by atoms with Gasteiger partial charge in [-0.2, -0.15) is 0 Å². The Bertz CT molecular complexity index is 167. The fourth-order valence-electron chi connectivity index (χ4n) is 2.24. The van der Waals surface area contributed by atoms with Gasteiger partial charge in [-0.3, -0.25) is 0 Å². The Balaban J connectivity index is 2.33. The molecular formula is C11H23BrN2. The van der Waals surface area contributed by atoms with Crippen LogP contribution in [0.3, 0.4) is 0 Å². The lowest BCUT2D eigenvalue weighted by Crippen LogP contribution is -2.56. The molecule has 0 atom stereocenters. The highest BCUT2D eigenvalue weighted by molar-refractivity contribution is 9.09. The summed E-state index contributed by atoms with van der Waals surface area (Å²) in [4.78, 5) is 4.89. The summed E-state index contributed by atoms with van der Waals surface area (Å²) in [6.45, 7) is 2.44. The molecule has 1 fully saturated rings. The number of rotatable bonds is 6. The van der Waals surface area contributed by atoms with Crippen LogP contribution in [0.25, 0.3) is 0 Å². The Hall–Kier alpha value is 0.400. The van der Waals surface area contributed by atoms with E-state index >= 15 is 0 Å². The van der Waals surface area contributed by atoms with Crippen LogP contribution in [-0.4, -0.2) is 54.9 Å². The van der Waals surface area contributed by atoms with Crippen molar-refractivity contribution < 1.29 is 0 Å².